The van der Waals surface area contributed by atoms with Crippen LogP contribution in [0.25, 0.3) is 0 Å². The molecule has 1 saturated carbocycles. The molecule has 1 saturated heterocycles. The van der Waals surface area contributed by atoms with Gasteiger partial charge in [-0.05, 0) is 31.9 Å². The first-order chi connectivity index (χ1) is 11.1. The lowest BCUT2D eigenvalue weighted by atomic mass is 10.1. The molecule has 5 nitrogen and oxygen atoms in total. The van der Waals surface area contributed by atoms with E-state index in [0.29, 0.717) is 13.2 Å². The minimum Gasteiger partial charge on any atom is -0.378 e. The molecule has 0 N–H and O–H groups in total. The van der Waals surface area contributed by atoms with Crippen LogP contribution in [0.3, 0.4) is 0 Å². The first-order valence-electron chi connectivity index (χ1n) is 8.30. The van der Waals surface area contributed by atoms with Crippen molar-refractivity contribution in [2.24, 2.45) is 10.3 Å². The summed E-state index contributed by atoms with van der Waals surface area (Å²) >= 11 is 0. The maximum atomic E-state index is 12.7. The summed E-state index contributed by atoms with van der Waals surface area (Å²) in [5, 5.41) is 0. The van der Waals surface area contributed by atoms with Crippen LogP contribution in [0.5, 0.6) is 0 Å². The molecular formula is C17H24N2O3S. The molecule has 1 aromatic carbocycles. The summed E-state index contributed by atoms with van der Waals surface area (Å²) in [6.45, 7) is 4.65. The molecule has 6 heteroatoms. The molecule has 1 aromatic rings. The van der Waals surface area contributed by atoms with Gasteiger partial charge < -0.3 is 9.64 Å². The SMILES string of the molecule is Cc1ccc(S(=O)(=O)/N=C(/C2CCCC2)N2CCOCC2)cc1. The predicted molar refractivity (Wildman–Crippen MR) is 90.1 cm³/mol. The van der Waals surface area contributed by atoms with E-state index in [2.05, 4.69) is 9.30 Å². The van der Waals surface area contributed by atoms with Crippen molar-refractivity contribution in [1.29, 1.82) is 0 Å². The summed E-state index contributed by atoms with van der Waals surface area (Å²) in [6.07, 6.45) is 4.36. The van der Waals surface area contributed by atoms with E-state index in [4.69, 9.17) is 4.74 Å². The number of nitrogens with zero attached hydrogens (tertiary/aromatic N) is 2. The molecule has 0 bridgehead atoms. The fraction of sp³-hybridized carbons (Fsp3) is 0.588. The van der Waals surface area contributed by atoms with Crippen LogP contribution in [-0.4, -0.2) is 45.5 Å². The van der Waals surface area contributed by atoms with Crippen molar-refractivity contribution in [3.8, 4) is 0 Å². The number of morpholine rings is 1. The highest BCUT2D eigenvalue weighted by Gasteiger charge is 2.29. The van der Waals surface area contributed by atoms with Gasteiger partial charge in [0.25, 0.3) is 10.0 Å². The van der Waals surface area contributed by atoms with E-state index in [1.807, 2.05) is 19.1 Å². The highest BCUT2D eigenvalue weighted by Crippen LogP contribution is 2.29. The number of hydrogen-bond donors (Lipinski definition) is 0. The third kappa shape index (κ3) is 3.93. The largest absolute Gasteiger partial charge is 0.378 e. The fourth-order valence-electron chi connectivity index (χ4n) is 3.25. The molecular weight excluding hydrogens is 312 g/mol. The van der Waals surface area contributed by atoms with Crippen LogP contribution in [0.4, 0.5) is 0 Å². The minimum atomic E-state index is -3.66. The van der Waals surface area contributed by atoms with Crippen molar-refractivity contribution in [2.75, 3.05) is 26.3 Å². The Morgan fingerprint density at radius 1 is 1.13 bits per heavy atom. The summed E-state index contributed by atoms with van der Waals surface area (Å²) in [7, 11) is -3.66. The molecule has 2 fully saturated rings. The summed E-state index contributed by atoms with van der Waals surface area (Å²) in [6, 6.07) is 6.90. The Labute approximate surface area is 138 Å². The van der Waals surface area contributed by atoms with Crippen LogP contribution < -0.4 is 0 Å². The van der Waals surface area contributed by atoms with Crippen molar-refractivity contribution in [3.63, 3.8) is 0 Å². The maximum absolute atomic E-state index is 12.7. The van der Waals surface area contributed by atoms with Crippen LogP contribution in [0, 0.1) is 12.8 Å². The van der Waals surface area contributed by atoms with E-state index in [1.165, 1.54) is 0 Å². The van der Waals surface area contributed by atoms with E-state index >= 15 is 0 Å². The summed E-state index contributed by atoms with van der Waals surface area (Å²) in [5.41, 5.74) is 1.04. The number of rotatable bonds is 3. The zero-order valence-electron chi connectivity index (χ0n) is 13.6. The van der Waals surface area contributed by atoms with E-state index in [1.54, 1.807) is 12.1 Å². The van der Waals surface area contributed by atoms with Crippen molar-refractivity contribution >= 4 is 15.9 Å². The van der Waals surface area contributed by atoms with E-state index in [0.717, 1.165) is 50.2 Å². The summed E-state index contributed by atoms with van der Waals surface area (Å²) in [5.74, 6) is 1.000. The zero-order valence-corrected chi connectivity index (χ0v) is 14.4. The van der Waals surface area contributed by atoms with E-state index in [9.17, 15) is 8.42 Å². The second-order valence-corrected chi connectivity index (χ2v) is 7.92. The Morgan fingerprint density at radius 2 is 1.74 bits per heavy atom. The molecule has 0 amide bonds. The van der Waals surface area contributed by atoms with Gasteiger partial charge in [-0.2, -0.15) is 8.42 Å². The van der Waals surface area contributed by atoms with Gasteiger partial charge in [-0.15, -0.1) is 4.40 Å². The van der Waals surface area contributed by atoms with Crippen LogP contribution in [-0.2, 0) is 14.8 Å². The number of aryl methyl sites for hydroxylation is 1. The van der Waals surface area contributed by atoms with Gasteiger partial charge in [-0.3, -0.25) is 0 Å². The second kappa shape index (κ2) is 7.01. The van der Waals surface area contributed by atoms with Gasteiger partial charge in [0.2, 0.25) is 0 Å². The quantitative estimate of drug-likeness (QED) is 0.629. The molecule has 1 aliphatic carbocycles. The van der Waals surface area contributed by atoms with E-state index in [-0.39, 0.29) is 10.8 Å². The maximum Gasteiger partial charge on any atom is 0.283 e. The normalized spacial score (nSPS) is 20.9. The van der Waals surface area contributed by atoms with Crippen molar-refractivity contribution in [2.45, 2.75) is 37.5 Å². The lowest BCUT2D eigenvalue weighted by molar-refractivity contribution is 0.0660. The number of hydrogen-bond acceptors (Lipinski definition) is 3. The highest BCUT2D eigenvalue weighted by atomic mass is 32.2. The molecule has 0 atom stereocenters. The molecule has 0 unspecified atom stereocenters. The molecule has 0 spiro atoms. The molecule has 1 aliphatic heterocycles. The number of ether oxygens (including phenoxy) is 1. The van der Waals surface area contributed by atoms with Gasteiger partial charge in [0, 0.05) is 19.0 Å². The number of sulfonamides is 1. The lowest BCUT2D eigenvalue weighted by Crippen LogP contribution is -2.43. The Morgan fingerprint density at radius 3 is 2.35 bits per heavy atom. The van der Waals surface area contributed by atoms with E-state index < -0.39 is 10.0 Å². The zero-order chi connectivity index (χ0) is 16.3. The van der Waals surface area contributed by atoms with Crippen LogP contribution in [0.1, 0.15) is 31.2 Å². The van der Waals surface area contributed by atoms with Crippen LogP contribution >= 0.6 is 0 Å². The Balaban J connectivity index is 1.93. The second-order valence-electron chi connectivity index (χ2n) is 6.32. The first kappa shape index (κ1) is 16.5. The molecule has 0 radical (unpaired) electrons. The van der Waals surface area contributed by atoms with Gasteiger partial charge in [-0.1, -0.05) is 30.5 Å². The Bertz CT molecular complexity index is 656. The fourth-order valence-corrected chi connectivity index (χ4v) is 4.35. The number of amidine groups is 1. The molecule has 1 heterocycles. The van der Waals surface area contributed by atoms with Gasteiger partial charge in [0.15, 0.2) is 0 Å². The molecule has 2 aliphatic rings. The lowest BCUT2D eigenvalue weighted by Gasteiger charge is -2.32. The molecule has 3 rings (SSSR count). The average molecular weight is 336 g/mol. The van der Waals surface area contributed by atoms with Crippen LogP contribution in [0.2, 0.25) is 0 Å². The minimum absolute atomic E-state index is 0.258. The third-order valence-corrected chi connectivity index (χ3v) is 5.88. The standard InChI is InChI=1S/C17H24N2O3S/c1-14-6-8-16(9-7-14)23(20,21)18-17(15-4-2-3-5-15)19-10-12-22-13-11-19/h6-9,15H,2-5,10-13H2,1H3/b18-17-. The molecule has 126 valence electrons. The first-order valence-corrected chi connectivity index (χ1v) is 9.74. The summed E-state index contributed by atoms with van der Waals surface area (Å²) in [4.78, 5) is 2.37. The Hall–Kier alpha value is -1.40. The highest BCUT2D eigenvalue weighted by molar-refractivity contribution is 7.90. The number of benzene rings is 1. The predicted octanol–water partition coefficient (Wildman–Crippen LogP) is 2.60. The molecule has 23 heavy (non-hydrogen) atoms. The van der Waals surface area contributed by atoms with Gasteiger partial charge in [-0.25, -0.2) is 0 Å². The summed E-state index contributed by atoms with van der Waals surface area (Å²) < 4.78 is 35.1. The average Bonchev–Trinajstić information content (AvgIpc) is 3.08. The van der Waals surface area contributed by atoms with Crippen molar-refractivity contribution in [1.82, 2.24) is 4.90 Å². The van der Waals surface area contributed by atoms with Crippen LogP contribution in [0.15, 0.2) is 33.6 Å². The van der Waals surface area contributed by atoms with Gasteiger partial charge in [0.1, 0.15) is 5.84 Å². The van der Waals surface area contributed by atoms with Gasteiger partial charge in [0.05, 0.1) is 18.1 Å². The Kier molecular flexibility index (Phi) is 5.02. The van der Waals surface area contributed by atoms with Gasteiger partial charge >= 0.3 is 0 Å². The van der Waals surface area contributed by atoms with Crippen molar-refractivity contribution in [3.05, 3.63) is 29.8 Å². The smallest absolute Gasteiger partial charge is 0.283 e. The van der Waals surface area contributed by atoms with Crippen molar-refractivity contribution < 1.29 is 13.2 Å². The monoisotopic (exact) mass is 336 g/mol. The topological polar surface area (TPSA) is 59.0 Å². The molecule has 0 aromatic heterocycles. The third-order valence-electron chi connectivity index (χ3n) is 4.59.